The van der Waals surface area contributed by atoms with Crippen molar-refractivity contribution in [2.45, 2.75) is 13.0 Å². The van der Waals surface area contributed by atoms with Crippen LogP contribution in [0.1, 0.15) is 13.0 Å². The molecule has 1 atom stereocenters. The Morgan fingerprint density at radius 3 is 2.94 bits per heavy atom. The lowest BCUT2D eigenvalue weighted by Crippen LogP contribution is -2.18. The molecule has 82 valence electrons. The fourth-order valence-electron chi connectivity index (χ4n) is 1.01. The lowest BCUT2D eigenvalue weighted by Gasteiger charge is -2.01. The highest BCUT2D eigenvalue weighted by atomic mass is 16.4. The number of aromatic nitrogens is 6. The van der Waals surface area contributed by atoms with Crippen molar-refractivity contribution in [1.29, 1.82) is 0 Å². The molecule has 0 aliphatic heterocycles. The summed E-state index contributed by atoms with van der Waals surface area (Å²) in [6.07, 6.45) is 4.50. The van der Waals surface area contributed by atoms with Gasteiger partial charge < -0.3 is 5.11 Å². The first-order valence-corrected chi connectivity index (χ1v) is 4.47. The van der Waals surface area contributed by atoms with Crippen molar-refractivity contribution in [3.63, 3.8) is 0 Å². The van der Waals surface area contributed by atoms with Crippen LogP contribution in [0.3, 0.4) is 0 Å². The Morgan fingerprint density at radius 1 is 1.50 bits per heavy atom. The first kappa shape index (κ1) is 10.1. The minimum absolute atomic E-state index is 0.251. The van der Waals surface area contributed by atoms with E-state index in [1.54, 1.807) is 0 Å². The molecule has 0 aliphatic rings. The Hall–Kier alpha value is -2.38. The van der Waals surface area contributed by atoms with E-state index in [0.717, 1.165) is 4.80 Å². The summed E-state index contributed by atoms with van der Waals surface area (Å²) in [5, 5.41) is 20.0. The third-order valence-corrected chi connectivity index (χ3v) is 1.92. The molecule has 8 nitrogen and oxygen atoms in total. The molecule has 0 bridgehead atoms. The Kier molecular flexibility index (Phi) is 2.54. The maximum Gasteiger partial charge on any atom is 0.330 e. The number of carboxylic acids is 1. The number of hydrogen-bond donors (Lipinski definition) is 1. The van der Waals surface area contributed by atoms with Gasteiger partial charge >= 0.3 is 5.97 Å². The van der Waals surface area contributed by atoms with Crippen LogP contribution in [0.15, 0.2) is 18.6 Å². The number of carboxylic acid groups (broad SMARTS) is 1. The summed E-state index contributed by atoms with van der Waals surface area (Å²) < 4.78 is 0. The van der Waals surface area contributed by atoms with Crippen LogP contribution in [0.2, 0.25) is 0 Å². The highest BCUT2D eigenvalue weighted by Crippen LogP contribution is 2.09. The van der Waals surface area contributed by atoms with Gasteiger partial charge in [-0.1, -0.05) is 0 Å². The molecular weight excluding hydrogens is 212 g/mol. The van der Waals surface area contributed by atoms with Crippen LogP contribution in [0, 0.1) is 0 Å². The van der Waals surface area contributed by atoms with Crippen LogP contribution in [0.4, 0.5) is 0 Å². The summed E-state index contributed by atoms with van der Waals surface area (Å²) in [5.74, 6) is -0.774. The molecule has 0 radical (unpaired) electrons. The largest absolute Gasteiger partial charge is 0.480 e. The quantitative estimate of drug-likeness (QED) is 0.761. The van der Waals surface area contributed by atoms with Crippen molar-refractivity contribution >= 4 is 5.97 Å². The number of tetrazole rings is 1. The maximum atomic E-state index is 10.7. The number of hydrogen-bond acceptors (Lipinski definition) is 6. The van der Waals surface area contributed by atoms with Crippen LogP contribution in [-0.4, -0.2) is 41.3 Å². The molecule has 16 heavy (non-hydrogen) atoms. The van der Waals surface area contributed by atoms with E-state index in [1.807, 2.05) is 0 Å². The average Bonchev–Trinajstić information content (AvgIpc) is 2.78. The van der Waals surface area contributed by atoms with Crippen molar-refractivity contribution in [3.05, 3.63) is 18.6 Å². The second kappa shape index (κ2) is 4.01. The zero-order valence-electron chi connectivity index (χ0n) is 8.35. The molecule has 8 heteroatoms. The smallest absolute Gasteiger partial charge is 0.330 e. The number of aliphatic carboxylic acids is 1. The lowest BCUT2D eigenvalue weighted by molar-refractivity contribution is -0.141. The second-order valence-corrected chi connectivity index (χ2v) is 3.04. The second-order valence-electron chi connectivity index (χ2n) is 3.04. The van der Waals surface area contributed by atoms with Crippen LogP contribution < -0.4 is 0 Å². The summed E-state index contributed by atoms with van der Waals surface area (Å²) in [4.78, 5) is 19.5. The molecule has 2 aromatic heterocycles. The number of nitrogens with zero attached hydrogens (tertiary/aromatic N) is 6. The Bertz CT molecular complexity index is 496. The van der Waals surface area contributed by atoms with E-state index in [-0.39, 0.29) is 5.82 Å². The van der Waals surface area contributed by atoms with Gasteiger partial charge in [-0.2, -0.15) is 0 Å². The molecule has 0 saturated heterocycles. The van der Waals surface area contributed by atoms with E-state index in [2.05, 4.69) is 25.4 Å². The predicted octanol–water partition coefficient (Wildman–Crippen LogP) is -0.224. The van der Waals surface area contributed by atoms with Crippen molar-refractivity contribution in [1.82, 2.24) is 30.2 Å². The minimum Gasteiger partial charge on any atom is -0.480 e. The van der Waals surface area contributed by atoms with E-state index in [1.165, 1.54) is 25.5 Å². The topological polar surface area (TPSA) is 107 Å². The van der Waals surface area contributed by atoms with E-state index in [0.29, 0.717) is 5.69 Å². The van der Waals surface area contributed by atoms with E-state index >= 15 is 0 Å². The van der Waals surface area contributed by atoms with Gasteiger partial charge in [0.2, 0.25) is 5.82 Å². The summed E-state index contributed by atoms with van der Waals surface area (Å²) in [7, 11) is 0. The lowest BCUT2D eigenvalue weighted by atomic mass is 10.4. The first-order chi connectivity index (χ1) is 7.68. The van der Waals surface area contributed by atoms with Gasteiger partial charge in [0.25, 0.3) is 0 Å². The van der Waals surface area contributed by atoms with Crippen molar-refractivity contribution in [2.24, 2.45) is 0 Å². The SMILES string of the molecule is CC(C(=O)O)n1nnc(-c2cnccn2)n1. The van der Waals surface area contributed by atoms with Crippen LogP contribution in [0.5, 0.6) is 0 Å². The normalized spacial score (nSPS) is 12.3. The zero-order valence-corrected chi connectivity index (χ0v) is 8.35. The Balaban J connectivity index is 2.30. The van der Waals surface area contributed by atoms with Crippen molar-refractivity contribution < 1.29 is 9.90 Å². The van der Waals surface area contributed by atoms with Gasteiger partial charge in [0.05, 0.1) is 6.20 Å². The maximum absolute atomic E-state index is 10.7. The summed E-state index contributed by atoms with van der Waals surface area (Å²) in [5.41, 5.74) is 0.450. The third kappa shape index (κ3) is 1.85. The summed E-state index contributed by atoms with van der Waals surface area (Å²) in [6, 6.07) is -0.863. The van der Waals surface area contributed by atoms with Gasteiger partial charge in [0.1, 0.15) is 5.69 Å². The molecule has 0 aliphatic carbocycles. The third-order valence-electron chi connectivity index (χ3n) is 1.92. The predicted molar refractivity (Wildman–Crippen MR) is 51.2 cm³/mol. The molecule has 1 N–H and O–H groups in total. The number of rotatable bonds is 3. The zero-order chi connectivity index (χ0) is 11.5. The molecule has 0 saturated carbocycles. The first-order valence-electron chi connectivity index (χ1n) is 4.47. The summed E-state index contributed by atoms with van der Waals surface area (Å²) >= 11 is 0. The van der Waals surface area contributed by atoms with Crippen LogP contribution in [-0.2, 0) is 4.79 Å². The molecule has 2 aromatic rings. The molecule has 0 fully saturated rings. The van der Waals surface area contributed by atoms with E-state index < -0.39 is 12.0 Å². The Labute approximate surface area is 90.0 Å². The monoisotopic (exact) mass is 220 g/mol. The molecule has 0 spiro atoms. The highest BCUT2D eigenvalue weighted by Gasteiger charge is 2.17. The van der Waals surface area contributed by atoms with Crippen molar-refractivity contribution in [3.8, 4) is 11.5 Å². The van der Waals surface area contributed by atoms with Gasteiger partial charge in [0, 0.05) is 12.4 Å². The molecule has 2 rings (SSSR count). The number of carbonyl (C=O) groups is 1. The van der Waals surface area contributed by atoms with Gasteiger partial charge in [-0.15, -0.1) is 15.0 Å². The van der Waals surface area contributed by atoms with Gasteiger partial charge in [-0.3, -0.25) is 4.98 Å². The highest BCUT2D eigenvalue weighted by molar-refractivity contribution is 5.70. The standard InChI is InChI=1S/C8H8N6O2/c1-5(8(15)16)14-12-7(11-13-14)6-4-9-2-3-10-6/h2-5H,1H3,(H,15,16). The van der Waals surface area contributed by atoms with Crippen molar-refractivity contribution in [2.75, 3.05) is 0 Å². The minimum atomic E-state index is -1.02. The molecule has 1 unspecified atom stereocenters. The molecule has 0 amide bonds. The van der Waals surface area contributed by atoms with Gasteiger partial charge in [-0.05, 0) is 12.1 Å². The molecular formula is C8H8N6O2. The van der Waals surface area contributed by atoms with Crippen LogP contribution in [0.25, 0.3) is 11.5 Å². The average molecular weight is 220 g/mol. The van der Waals surface area contributed by atoms with E-state index in [4.69, 9.17) is 5.11 Å². The van der Waals surface area contributed by atoms with Crippen LogP contribution >= 0.6 is 0 Å². The fourth-order valence-corrected chi connectivity index (χ4v) is 1.01. The summed E-state index contributed by atoms with van der Waals surface area (Å²) in [6.45, 7) is 1.46. The molecule has 0 aromatic carbocycles. The Morgan fingerprint density at radius 2 is 2.31 bits per heavy atom. The van der Waals surface area contributed by atoms with E-state index in [9.17, 15) is 4.79 Å². The van der Waals surface area contributed by atoms with Gasteiger partial charge in [-0.25, -0.2) is 9.78 Å². The molecule has 2 heterocycles. The fraction of sp³-hybridized carbons (Fsp3) is 0.250. The van der Waals surface area contributed by atoms with Gasteiger partial charge in [0.15, 0.2) is 6.04 Å².